The summed E-state index contributed by atoms with van der Waals surface area (Å²) in [7, 11) is -0.0872. The number of ether oxygens (including phenoxy) is 3. The Hall–Kier alpha value is -2.08. The summed E-state index contributed by atoms with van der Waals surface area (Å²) < 4.78 is 29.9. The molecule has 2 atom stereocenters. The first kappa shape index (κ1) is 21.2. The van der Waals surface area contributed by atoms with Crippen molar-refractivity contribution in [1.82, 2.24) is 0 Å². The van der Waals surface area contributed by atoms with Crippen molar-refractivity contribution in [2.24, 2.45) is 5.41 Å². The Morgan fingerprint density at radius 2 is 1.89 bits per heavy atom. The van der Waals surface area contributed by atoms with Crippen molar-refractivity contribution in [2.75, 3.05) is 13.7 Å². The monoisotopic (exact) mass is 392 g/mol. The summed E-state index contributed by atoms with van der Waals surface area (Å²) in [6.07, 6.45) is 3.52. The molecule has 1 aromatic rings. The number of esters is 1. The largest absolute Gasteiger partial charge is 0.496 e. The Bertz CT molecular complexity index is 812. The number of methoxy groups -OCH3 is 1. The van der Waals surface area contributed by atoms with E-state index in [0.717, 1.165) is 5.57 Å². The molecule has 0 saturated carbocycles. The van der Waals surface area contributed by atoms with Gasteiger partial charge < -0.3 is 14.2 Å². The molecular formula is C21H28O5S. The number of rotatable bonds is 5. The van der Waals surface area contributed by atoms with E-state index in [1.54, 1.807) is 32.2 Å². The summed E-state index contributed by atoms with van der Waals surface area (Å²) in [5, 5.41) is 0. The van der Waals surface area contributed by atoms with Gasteiger partial charge in [-0.2, -0.15) is 0 Å². The average molecular weight is 393 g/mol. The van der Waals surface area contributed by atoms with Crippen molar-refractivity contribution in [3.63, 3.8) is 0 Å². The third kappa shape index (κ3) is 4.26. The van der Waals surface area contributed by atoms with Crippen LogP contribution in [0.5, 0.6) is 11.5 Å². The van der Waals surface area contributed by atoms with Gasteiger partial charge >= 0.3 is 5.97 Å². The Morgan fingerprint density at radius 3 is 2.41 bits per heavy atom. The molecule has 0 aromatic heterocycles. The van der Waals surface area contributed by atoms with Gasteiger partial charge in [-0.1, -0.05) is 32.4 Å². The quantitative estimate of drug-likeness (QED) is 0.421. The van der Waals surface area contributed by atoms with E-state index in [1.165, 1.54) is 0 Å². The molecule has 0 amide bonds. The lowest BCUT2D eigenvalue weighted by Gasteiger charge is -2.34. The van der Waals surface area contributed by atoms with Crippen LogP contribution in [0.3, 0.4) is 0 Å². The van der Waals surface area contributed by atoms with Gasteiger partial charge in [-0.25, -0.2) is 9.00 Å². The molecule has 6 heteroatoms. The van der Waals surface area contributed by atoms with Gasteiger partial charge in [0.15, 0.2) is 4.93 Å². The second-order valence-corrected chi connectivity index (χ2v) is 9.58. The van der Waals surface area contributed by atoms with E-state index in [0.29, 0.717) is 23.7 Å². The summed E-state index contributed by atoms with van der Waals surface area (Å²) in [6, 6.07) is 5.37. The number of hydrogen-bond donors (Lipinski definition) is 0. The van der Waals surface area contributed by atoms with E-state index in [1.807, 2.05) is 46.8 Å². The highest BCUT2D eigenvalue weighted by molar-refractivity contribution is 7.92. The number of carbonyl (C=O) groups is 1. The lowest BCUT2D eigenvalue weighted by molar-refractivity contribution is -0.148. The van der Waals surface area contributed by atoms with Gasteiger partial charge in [0.1, 0.15) is 33.8 Å². The van der Waals surface area contributed by atoms with Crippen LogP contribution in [0.15, 0.2) is 34.8 Å². The standard InChI is InChI=1S/C21H28O5S/c1-14(2)11-12-25-17-10-8-9-16(24-7)15(17)13-18-19(22)26-21(6,27(18)23)20(3,4)5/h8-11,13H,12H2,1-7H3/b18-13-. The summed E-state index contributed by atoms with van der Waals surface area (Å²) in [5.74, 6) is 0.506. The first-order valence-corrected chi connectivity index (χ1v) is 9.96. The zero-order chi connectivity index (χ0) is 20.4. The molecule has 5 nitrogen and oxygen atoms in total. The molecule has 0 radical (unpaired) electrons. The van der Waals surface area contributed by atoms with Gasteiger partial charge in [0.2, 0.25) is 0 Å². The maximum atomic E-state index is 13.1. The smallest absolute Gasteiger partial charge is 0.348 e. The predicted molar refractivity (Wildman–Crippen MR) is 108 cm³/mol. The molecule has 0 spiro atoms. The molecule has 1 aliphatic rings. The molecule has 0 bridgehead atoms. The molecule has 148 valence electrons. The highest BCUT2D eigenvalue weighted by atomic mass is 32.2. The topological polar surface area (TPSA) is 61.8 Å². The maximum absolute atomic E-state index is 13.1. The van der Waals surface area contributed by atoms with Crippen LogP contribution in [-0.2, 0) is 20.3 Å². The average Bonchev–Trinajstić information content (AvgIpc) is 2.79. The van der Waals surface area contributed by atoms with Gasteiger partial charge in [0, 0.05) is 5.41 Å². The first-order valence-electron chi connectivity index (χ1n) is 8.81. The first-order chi connectivity index (χ1) is 12.5. The van der Waals surface area contributed by atoms with Crippen LogP contribution in [0.1, 0.15) is 47.1 Å². The highest BCUT2D eigenvalue weighted by Crippen LogP contribution is 2.45. The van der Waals surface area contributed by atoms with Crippen LogP contribution in [0, 0.1) is 5.41 Å². The van der Waals surface area contributed by atoms with Crippen LogP contribution in [0.4, 0.5) is 0 Å². The molecule has 1 fully saturated rings. The molecule has 1 saturated heterocycles. The van der Waals surface area contributed by atoms with Crippen LogP contribution in [0.25, 0.3) is 6.08 Å². The normalized spacial score (nSPS) is 23.9. The minimum Gasteiger partial charge on any atom is -0.496 e. The van der Waals surface area contributed by atoms with Gasteiger partial charge in [-0.15, -0.1) is 0 Å². The van der Waals surface area contributed by atoms with Gasteiger partial charge in [-0.3, -0.25) is 0 Å². The SMILES string of the molecule is COc1cccc(OCC=C(C)C)c1/C=C1/C(=O)OC(C)(C(C)(C)C)S1=O. The summed E-state index contributed by atoms with van der Waals surface area (Å²) >= 11 is 0. The molecule has 2 unspecified atom stereocenters. The fourth-order valence-corrected chi connectivity index (χ4v) is 4.04. The van der Waals surface area contributed by atoms with Gasteiger partial charge in [0.25, 0.3) is 0 Å². The molecule has 27 heavy (non-hydrogen) atoms. The summed E-state index contributed by atoms with van der Waals surface area (Å²) in [4.78, 5) is 11.5. The van der Waals surface area contributed by atoms with E-state index in [9.17, 15) is 9.00 Å². The zero-order valence-electron chi connectivity index (χ0n) is 17.0. The molecule has 0 aliphatic carbocycles. The van der Waals surface area contributed by atoms with Crippen LogP contribution >= 0.6 is 0 Å². The molecule has 1 heterocycles. The number of hydrogen-bond acceptors (Lipinski definition) is 5. The number of carbonyl (C=O) groups excluding carboxylic acids is 1. The molecule has 2 rings (SSSR count). The Balaban J connectivity index is 2.50. The summed E-state index contributed by atoms with van der Waals surface area (Å²) in [5.41, 5.74) is 1.23. The predicted octanol–water partition coefficient (Wildman–Crippen LogP) is 4.45. The van der Waals surface area contributed by atoms with Crippen molar-refractivity contribution < 1.29 is 23.2 Å². The van der Waals surface area contributed by atoms with E-state index in [4.69, 9.17) is 14.2 Å². The van der Waals surface area contributed by atoms with Gasteiger partial charge in [0.05, 0.1) is 12.7 Å². The van der Waals surface area contributed by atoms with Crippen LogP contribution in [-0.4, -0.2) is 28.8 Å². The van der Waals surface area contributed by atoms with Crippen molar-refractivity contribution in [3.8, 4) is 11.5 Å². The fraction of sp³-hybridized carbons (Fsp3) is 0.476. The molecule has 1 aromatic carbocycles. The number of cyclic esters (lactones) is 1. The maximum Gasteiger partial charge on any atom is 0.348 e. The van der Waals surface area contributed by atoms with E-state index >= 15 is 0 Å². The second-order valence-electron chi connectivity index (χ2n) is 7.83. The lowest BCUT2D eigenvalue weighted by Crippen LogP contribution is -2.42. The highest BCUT2D eigenvalue weighted by Gasteiger charge is 2.55. The number of benzene rings is 1. The van der Waals surface area contributed by atoms with Crippen molar-refractivity contribution in [1.29, 1.82) is 0 Å². The lowest BCUT2D eigenvalue weighted by atomic mass is 9.89. The third-order valence-corrected chi connectivity index (χ3v) is 6.74. The van der Waals surface area contributed by atoms with E-state index < -0.39 is 27.1 Å². The van der Waals surface area contributed by atoms with Crippen molar-refractivity contribution >= 4 is 22.8 Å². The third-order valence-electron chi connectivity index (χ3n) is 4.66. The molecule has 0 N–H and O–H groups in total. The second kappa shape index (κ2) is 7.89. The van der Waals surface area contributed by atoms with E-state index in [-0.39, 0.29) is 4.91 Å². The zero-order valence-corrected chi connectivity index (χ0v) is 17.9. The van der Waals surface area contributed by atoms with Crippen molar-refractivity contribution in [3.05, 3.63) is 40.3 Å². The Kier molecular flexibility index (Phi) is 6.20. The van der Waals surface area contributed by atoms with Crippen molar-refractivity contribution in [2.45, 2.75) is 46.5 Å². The Labute approximate surface area is 163 Å². The summed E-state index contributed by atoms with van der Waals surface area (Å²) in [6.45, 7) is 11.8. The molecular weight excluding hydrogens is 364 g/mol. The number of allylic oxidation sites excluding steroid dienone is 1. The minimum absolute atomic E-state index is 0.115. The Morgan fingerprint density at radius 1 is 1.26 bits per heavy atom. The fourth-order valence-electron chi connectivity index (χ4n) is 2.49. The van der Waals surface area contributed by atoms with Crippen LogP contribution in [0.2, 0.25) is 0 Å². The van der Waals surface area contributed by atoms with E-state index in [2.05, 4.69) is 0 Å². The van der Waals surface area contributed by atoms with Crippen LogP contribution < -0.4 is 9.47 Å². The minimum atomic E-state index is -1.63. The molecule has 1 aliphatic heterocycles. The van der Waals surface area contributed by atoms with Gasteiger partial charge in [-0.05, 0) is 45.1 Å².